The molecule has 1 aliphatic carbocycles. The van der Waals surface area contributed by atoms with Gasteiger partial charge in [-0.15, -0.1) is 0 Å². The van der Waals surface area contributed by atoms with Crippen molar-refractivity contribution in [2.24, 2.45) is 0 Å². The predicted molar refractivity (Wildman–Crippen MR) is 76.1 cm³/mol. The Bertz CT molecular complexity index is 375. The Balaban J connectivity index is 1.89. The van der Waals surface area contributed by atoms with E-state index in [2.05, 4.69) is 18.3 Å². The zero-order valence-electron chi connectivity index (χ0n) is 11.2. The zero-order chi connectivity index (χ0) is 13.0. The van der Waals surface area contributed by atoms with E-state index < -0.39 is 0 Å². The third-order valence-electron chi connectivity index (χ3n) is 3.86. The van der Waals surface area contributed by atoms with Crippen LogP contribution in [0.4, 0.5) is 0 Å². The van der Waals surface area contributed by atoms with Crippen LogP contribution in [-0.2, 0) is 4.74 Å². The molecule has 0 aliphatic heterocycles. The molecule has 3 heteroatoms. The molecule has 1 aliphatic rings. The van der Waals surface area contributed by atoms with Crippen molar-refractivity contribution >= 4 is 11.6 Å². The van der Waals surface area contributed by atoms with Gasteiger partial charge in [0.05, 0.1) is 6.10 Å². The zero-order valence-corrected chi connectivity index (χ0v) is 11.9. The van der Waals surface area contributed by atoms with Crippen molar-refractivity contribution in [3.63, 3.8) is 0 Å². The molecule has 0 amide bonds. The maximum Gasteiger partial charge on any atom is 0.0572 e. The van der Waals surface area contributed by atoms with Crippen LogP contribution in [0.25, 0.3) is 0 Å². The summed E-state index contributed by atoms with van der Waals surface area (Å²) in [5.74, 6) is 0. The summed E-state index contributed by atoms with van der Waals surface area (Å²) in [6.45, 7) is 2.18. The quantitative estimate of drug-likeness (QED) is 0.892. The summed E-state index contributed by atoms with van der Waals surface area (Å²) in [5, 5.41) is 4.53. The van der Waals surface area contributed by atoms with Crippen molar-refractivity contribution in [3.05, 3.63) is 34.9 Å². The minimum Gasteiger partial charge on any atom is -0.381 e. The average molecular weight is 268 g/mol. The van der Waals surface area contributed by atoms with Crippen LogP contribution in [0.1, 0.15) is 44.2 Å². The largest absolute Gasteiger partial charge is 0.381 e. The van der Waals surface area contributed by atoms with Crippen LogP contribution in [-0.4, -0.2) is 19.3 Å². The third-order valence-corrected chi connectivity index (χ3v) is 4.21. The summed E-state index contributed by atoms with van der Waals surface area (Å²) in [4.78, 5) is 0. The lowest BCUT2D eigenvalue weighted by Gasteiger charge is -2.30. The number of hydrogen-bond donors (Lipinski definition) is 1. The van der Waals surface area contributed by atoms with Crippen molar-refractivity contribution in [1.29, 1.82) is 0 Å². The van der Waals surface area contributed by atoms with Crippen molar-refractivity contribution in [3.8, 4) is 0 Å². The molecule has 1 aromatic rings. The normalized spacial score (nSPS) is 25.9. The third kappa shape index (κ3) is 3.47. The van der Waals surface area contributed by atoms with Gasteiger partial charge in [-0.3, -0.25) is 0 Å². The second-order valence-electron chi connectivity index (χ2n) is 5.12. The van der Waals surface area contributed by atoms with E-state index in [0.717, 1.165) is 17.9 Å². The van der Waals surface area contributed by atoms with Crippen molar-refractivity contribution in [2.45, 2.75) is 50.8 Å². The molecular formula is C15H22ClNO. The lowest BCUT2D eigenvalue weighted by molar-refractivity contribution is 0.0614. The number of benzene rings is 1. The molecule has 18 heavy (non-hydrogen) atoms. The first kappa shape index (κ1) is 13.9. The maximum absolute atomic E-state index is 6.22. The van der Waals surface area contributed by atoms with E-state index in [1.807, 2.05) is 25.3 Å². The number of hydrogen-bond acceptors (Lipinski definition) is 2. The van der Waals surface area contributed by atoms with Gasteiger partial charge >= 0.3 is 0 Å². The van der Waals surface area contributed by atoms with Crippen LogP contribution in [0.5, 0.6) is 0 Å². The van der Waals surface area contributed by atoms with Gasteiger partial charge in [-0.25, -0.2) is 0 Å². The van der Waals surface area contributed by atoms with E-state index in [9.17, 15) is 0 Å². The Morgan fingerprint density at radius 2 is 1.89 bits per heavy atom. The summed E-state index contributed by atoms with van der Waals surface area (Å²) < 4.78 is 5.40. The summed E-state index contributed by atoms with van der Waals surface area (Å²) in [6.07, 6.45) is 5.15. The molecular weight excluding hydrogens is 246 g/mol. The van der Waals surface area contributed by atoms with Crippen molar-refractivity contribution < 1.29 is 4.74 Å². The SMILES string of the molecule is COC1CCC(N[C@H](C)c2ccccc2Cl)CC1. The Kier molecular flexibility index (Phi) is 5.04. The molecule has 0 saturated heterocycles. The molecule has 0 bridgehead atoms. The molecule has 1 atom stereocenters. The molecule has 2 rings (SSSR count). The number of ether oxygens (including phenoxy) is 1. The Labute approximate surface area is 115 Å². The number of rotatable bonds is 4. The first-order valence-corrected chi connectivity index (χ1v) is 7.11. The average Bonchev–Trinajstić information content (AvgIpc) is 2.40. The van der Waals surface area contributed by atoms with E-state index in [0.29, 0.717) is 18.2 Å². The highest BCUT2D eigenvalue weighted by atomic mass is 35.5. The molecule has 1 aromatic carbocycles. The lowest BCUT2D eigenvalue weighted by atomic mass is 9.92. The van der Waals surface area contributed by atoms with Crippen LogP contribution in [0.3, 0.4) is 0 Å². The first-order chi connectivity index (χ1) is 8.70. The molecule has 1 N–H and O–H groups in total. The second kappa shape index (κ2) is 6.55. The summed E-state index contributed by atoms with van der Waals surface area (Å²) in [7, 11) is 1.81. The highest BCUT2D eigenvalue weighted by Gasteiger charge is 2.22. The van der Waals surface area contributed by atoms with Gasteiger partial charge in [-0.1, -0.05) is 29.8 Å². The minimum absolute atomic E-state index is 0.308. The standard InChI is InChI=1S/C15H22ClNO/c1-11(14-5-3-4-6-15(14)16)17-12-7-9-13(18-2)10-8-12/h3-6,11-13,17H,7-10H2,1-2H3/t11-,12?,13?/m1/s1. The second-order valence-corrected chi connectivity index (χ2v) is 5.53. The minimum atomic E-state index is 0.308. The van der Waals surface area contributed by atoms with Crippen LogP contribution >= 0.6 is 11.6 Å². The summed E-state index contributed by atoms with van der Waals surface area (Å²) in [6, 6.07) is 8.96. The summed E-state index contributed by atoms with van der Waals surface area (Å²) >= 11 is 6.22. The van der Waals surface area contributed by atoms with Crippen molar-refractivity contribution in [1.82, 2.24) is 5.32 Å². The smallest absolute Gasteiger partial charge is 0.0572 e. The van der Waals surface area contributed by atoms with Gasteiger partial charge < -0.3 is 10.1 Å². The fourth-order valence-corrected chi connectivity index (χ4v) is 3.03. The summed E-state index contributed by atoms with van der Waals surface area (Å²) in [5.41, 5.74) is 1.19. The highest BCUT2D eigenvalue weighted by molar-refractivity contribution is 6.31. The molecule has 100 valence electrons. The maximum atomic E-state index is 6.22. The Morgan fingerprint density at radius 3 is 2.50 bits per heavy atom. The van der Waals surface area contributed by atoms with Gasteiger partial charge in [0.1, 0.15) is 0 Å². The Hall–Kier alpha value is -0.570. The molecule has 1 fully saturated rings. The highest BCUT2D eigenvalue weighted by Crippen LogP contribution is 2.26. The van der Waals surface area contributed by atoms with Crippen LogP contribution in [0, 0.1) is 0 Å². The molecule has 0 unspecified atom stereocenters. The van der Waals surface area contributed by atoms with E-state index in [-0.39, 0.29) is 0 Å². The van der Waals surface area contributed by atoms with E-state index in [1.54, 1.807) is 0 Å². The molecule has 0 spiro atoms. The fraction of sp³-hybridized carbons (Fsp3) is 0.600. The number of halogens is 1. The van der Waals surface area contributed by atoms with Gasteiger partial charge in [0.25, 0.3) is 0 Å². The Morgan fingerprint density at radius 1 is 1.22 bits per heavy atom. The number of methoxy groups -OCH3 is 1. The monoisotopic (exact) mass is 267 g/mol. The predicted octanol–water partition coefficient (Wildman–Crippen LogP) is 3.95. The van der Waals surface area contributed by atoms with Gasteiger partial charge in [0, 0.05) is 24.2 Å². The van der Waals surface area contributed by atoms with E-state index >= 15 is 0 Å². The molecule has 0 heterocycles. The lowest BCUT2D eigenvalue weighted by Crippen LogP contribution is -2.36. The molecule has 2 nitrogen and oxygen atoms in total. The van der Waals surface area contributed by atoms with Gasteiger partial charge in [0.15, 0.2) is 0 Å². The molecule has 1 saturated carbocycles. The van der Waals surface area contributed by atoms with Crippen molar-refractivity contribution in [2.75, 3.05) is 7.11 Å². The van der Waals surface area contributed by atoms with Gasteiger partial charge in [0.2, 0.25) is 0 Å². The topological polar surface area (TPSA) is 21.3 Å². The van der Waals surface area contributed by atoms with Crippen LogP contribution in [0.15, 0.2) is 24.3 Å². The first-order valence-electron chi connectivity index (χ1n) is 6.74. The van der Waals surface area contributed by atoms with E-state index in [4.69, 9.17) is 16.3 Å². The van der Waals surface area contributed by atoms with Gasteiger partial charge in [-0.05, 0) is 44.2 Å². The van der Waals surface area contributed by atoms with Gasteiger partial charge in [-0.2, -0.15) is 0 Å². The molecule has 0 aromatic heterocycles. The molecule has 0 radical (unpaired) electrons. The number of nitrogens with one attached hydrogen (secondary N) is 1. The van der Waals surface area contributed by atoms with Crippen LogP contribution < -0.4 is 5.32 Å². The van der Waals surface area contributed by atoms with E-state index in [1.165, 1.54) is 18.4 Å². The van der Waals surface area contributed by atoms with Crippen LogP contribution in [0.2, 0.25) is 5.02 Å². The fourth-order valence-electron chi connectivity index (χ4n) is 2.73.